The molecule has 0 aliphatic heterocycles. The SMILES string of the molecule is COC(=O)c1cc(C)nc2ccc(F)cc12. The van der Waals surface area contributed by atoms with E-state index < -0.39 is 11.8 Å². The fraction of sp³-hybridized carbons (Fsp3) is 0.167. The number of hydrogen-bond donors (Lipinski definition) is 0. The molecule has 0 radical (unpaired) electrons. The summed E-state index contributed by atoms with van der Waals surface area (Å²) in [5.41, 5.74) is 1.62. The number of benzene rings is 1. The zero-order chi connectivity index (χ0) is 11.7. The molecule has 1 aromatic carbocycles. The van der Waals surface area contributed by atoms with Crippen LogP contribution >= 0.6 is 0 Å². The summed E-state index contributed by atoms with van der Waals surface area (Å²) in [6.45, 7) is 1.77. The first-order valence-electron chi connectivity index (χ1n) is 4.77. The van der Waals surface area contributed by atoms with Crippen molar-refractivity contribution in [2.75, 3.05) is 7.11 Å². The van der Waals surface area contributed by atoms with Crippen LogP contribution in [0.15, 0.2) is 24.3 Å². The van der Waals surface area contributed by atoms with Gasteiger partial charge in [-0.15, -0.1) is 0 Å². The maximum Gasteiger partial charge on any atom is 0.338 e. The van der Waals surface area contributed by atoms with E-state index >= 15 is 0 Å². The van der Waals surface area contributed by atoms with Gasteiger partial charge in [0.05, 0.1) is 18.2 Å². The first-order chi connectivity index (χ1) is 7.61. The number of fused-ring (bicyclic) bond motifs is 1. The molecule has 0 aliphatic carbocycles. The summed E-state index contributed by atoms with van der Waals surface area (Å²) in [4.78, 5) is 15.7. The number of esters is 1. The van der Waals surface area contributed by atoms with Crippen molar-refractivity contribution in [1.29, 1.82) is 0 Å². The monoisotopic (exact) mass is 219 g/mol. The molecular formula is C12H10FNO2. The molecule has 0 bridgehead atoms. The van der Waals surface area contributed by atoms with Crippen LogP contribution in [0.2, 0.25) is 0 Å². The molecule has 16 heavy (non-hydrogen) atoms. The highest BCUT2D eigenvalue weighted by Gasteiger charge is 2.12. The van der Waals surface area contributed by atoms with Gasteiger partial charge in [0, 0.05) is 11.1 Å². The number of ether oxygens (including phenoxy) is 1. The number of hydrogen-bond acceptors (Lipinski definition) is 3. The van der Waals surface area contributed by atoms with Crippen LogP contribution in [0.5, 0.6) is 0 Å². The van der Waals surface area contributed by atoms with Crippen LogP contribution in [0.25, 0.3) is 10.9 Å². The molecule has 0 aliphatic rings. The summed E-state index contributed by atoms with van der Waals surface area (Å²) < 4.78 is 17.8. The Bertz CT molecular complexity index is 566. The maximum atomic E-state index is 13.1. The summed E-state index contributed by atoms with van der Waals surface area (Å²) in [5, 5.41) is 0.470. The average molecular weight is 219 g/mol. The molecule has 0 unspecified atom stereocenters. The van der Waals surface area contributed by atoms with Crippen molar-refractivity contribution in [2.24, 2.45) is 0 Å². The fourth-order valence-corrected chi connectivity index (χ4v) is 1.61. The molecule has 82 valence electrons. The topological polar surface area (TPSA) is 39.2 Å². The van der Waals surface area contributed by atoms with E-state index in [9.17, 15) is 9.18 Å². The predicted molar refractivity (Wildman–Crippen MR) is 57.8 cm³/mol. The Morgan fingerprint density at radius 3 is 2.81 bits per heavy atom. The first-order valence-corrected chi connectivity index (χ1v) is 4.77. The number of aromatic nitrogens is 1. The number of carbonyl (C=O) groups is 1. The Balaban J connectivity index is 2.79. The number of methoxy groups -OCH3 is 1. The van der Waals surface area contributed by atoms with Crippen molar-refractivity contribution in [3.05, 3.63) is 41.3 Å². The molecule has 4 heteroatoms. The smallest absolute Gasteiger partial charge is 0.338 e. The van der Waals surface area contributed by atoms with E-state index in [1.54, 1.807) is 19.1 Å². The van der Waals surface area contributed by atoms with E-state index in [1.807, 2.05) is 0 Å². The number of carbonyl (C=O) groups excluding carboxylic acids is 1. The van der Waals surface area contributed by atoms with E-state index in [-0.39, 0.29) is 0 Å². The van der Waals surface area contributed by atoms with E-state index in [2.05, 4.69) is 9.72 Å². The van der Waals surface area contributed by atoms with Crippen molar-refractivity contribution in [3.63, 3.8) is 0 Å². The largest absolute Gasteiger partial charge is 0.465 e. The van der Waals surface area contributed by atoms with Crippen molar-refractivity contribution in [1.82, 2.24) is 4.98 Å². The molecule has 0 fully saturated rings. The van der Waals surface area contributed by atoms with Crippen LogP contribution in [0.3, 0.4) is 0 Å². The first kappa shape index (κ1) is 10.5. The van der Waals surface area contributed by atoms with Gasteiger partial charge in [-0.3, -0.25) is 4.98 Å². The summed E-state index contributed by atoms with van der Waals surface area (Å²) in [7, 11) is 1.29. The standard InChI is InChI=1S/C12H10FNO2/c1-7-5-10(12(15)16-2)9-6-8(13)3-4-11(9)14-7/h3-6H,1-2H3. The second-order valence-corrected chi connectivity index (χ2v) is 3.46. The highest BCUT2D eigenvalue weighted by Crippen LogP contribution is 2.20. The summed E-state index contributed by atoms with van der Waals surface area (Å²) in [6, 6.07) is 5.74. The lowest BCUT2D eigenvalue weighted by Crippen LogP contribution is -2.04. The van der Waals surface area contributed by atoms with Crippen LogP contribution in [-0.4, -0.2) is 18.1 Å². The molecule has 1 heterocycles. The second-order valence-electron chi connectivity index (χ2n) is 3.46. The highest BCUT2D eigenvalue weighted by atomic mass is 19.1. The van der Waals surface area contributed by atoms with Crippen LogP contribution in [0.4, 0.5) is 4.39 Å². The molecule has 1 aromatic heterocycles. The number of rotatable bonds is 1. The predicted octanol–water partition coefficient (Wildman–Crippen LogP) is 2.47. The van der Waals surface area contributed by atoms with Crippen molar-refractivity contribution in [3.8, 4) is 0 Å². The lowest BCUT2D eigenvalue weighted by molar-refractivity contribution is 0.0603. The average Bonchev–Trinajstić information content (AvgIpc) is 2.27. The van der Waals surface area contributed by atoms with Gasteiger partial charge in [-0.1, -0.05) is 0 Å². The minimum absolute atomic E-state index is 0.338. The van der Waals surface area contributed by atoms with Crippen LogP contribution in [-0.2, 0) is 4.74 Å². The van der Waals surface area contributed by atoms with Crippen molar-refractivity contribution in [2.45, 2.75) is 6.92 Å². The van der Waals surface area contributed by atoms with Gasteiger partial charge >= 0.3 is 5.97 Å². The Morgan fingerprint density at radius 2 is 2.12 bits per heavy atom. The Labute approximate surface area is 91.9 Å². The number of aryl methyl sites for hydroxylation is 1. The lowest BCUT2D eigenvalue weighted by Gasteiger charge is -2.05. The number of halogens is 1. The third-order valence-corrected chi connectivity index (χ3v) is 2.30. The minimum Gasteiger partial charge on any atom is -0.465 e. The van der Waals surface area contributed by atoms with Gasteiger partial charge in [0.25, 0.3) is 0 Å². The van der Waals surface area contributed by atoms with Gasteiger partial charge in [0.15, 0.2) is 0 Å². The summed E-state index contributed by atoms with van der Waals surface area (Å²) in [5.74, 6) is -0.885. The Hall–Kier alpha value is -1.97. The Morgan fingerprint density at radius 1 is 1.38 bits per heavy atom. The van der Waals surface area contributed by atoms with Gasteiger partial charge < -0.3 is 4.74 Å². The molecule has 2 rings (SSSR count). The van der Waals surface area contributed by atoms with E-state index in [0.29, 0.717) is 22.2 Å². The quantitative estimate of drug-likeness (QED) is 0.691. The maximum absolute atomic E-state index is 13.1. The molecule has 0 saturated heterocycles. The Kier molecular flexibility index (Phi) is 2.56. The third kappa shape index (κ3) is 1.74. The number of nitrogens with zero attached hydrogens (tertiary/aromatic N) is 1. The van der Waals surface area contributed by atoms with Crippen LogP contribution < -0.4 is 0 Å². The van der Waals surface area contributed by atoms with E-state index in [4.69, 9.17) is 0 Å². The lowest BCUT2D eigenvalue weighted by atomic mass is 10.1. The molecule has 2 aromatic rings. The summed E-state index contributed by atoms with van der Waals surface area (Å²) in [6.07, 6.45) is 0. The molecule has 3 nitrogen and oxygen atoms in total. The molecule has 0 amide bonds. The van der Waals surface area contributed by atoms with E-state index in [0.717, 1.165) is 0 Å². The third-order valence-electron chi connectivity index (χ3n) is 2.30. The minimum atomic E-state index is -0.485. The van der Waals surface area contributed by atoms with Gasteiger partial charge in [-0.2, -0.15) is 0 Å². The molecule has 0 saturated carbocycles. The molecule has 0 N–H and O–H groups in total. The zero-order valence-corrected chi connectivity index (χ0v) is 8.95. The van der Waals surface area contributed by atoms with Crippen LogP contribution in [0, 0.1) is 12.7 Å². The fourth-order valence-electron chi connectivity index (χ4n) is 1.61. The normalized spacial score (nSPS) is 10.4. The van der Waals surface area contributed by atoms with Gasteiger partial charge in [0.2, 0.25) is 0 Å². The van der Waals surface area contributed by atoms with Crippen molar-refractivity contribution >= 4 is 16.9 Å². The molecule has 0 spiro atoms. The highest BCUT2D eigenvalue weighted by molar-refractivity contribution is 6.03. The zero-order valence-electron chi connectivity index (χ0n) is 8.95. The van der Waals surface area contributed by atoms with Crippen LogP contribution in [0.1, 0.15) is 16.1 Å². The van der Waals surface area contributed by atoms with E-state index in [1.165, 1.54) is 19.2 Å². The summed E-state index contributed by atoms with van der Waals surface area (Å²) >= 11 is 0. The van der Waals surface area contributed by atoms with Gasteiger partial charge in [-0.25, -0.2) is 9.18 Å². The number of pyridine rings is 1. The van der Waals surface area contributed by atoms with Crippen molar-refractivity contribution < 1.29 is 13.9 Å². The molecular weight excluding hydrogens is 209 g/mol. The van der Waals surface area contributed by atoms with Gasteiger partial charge in [-0.05, 0) is 31.2 Å². The second kappa shape index (κ2) is 3.89. The molecule has 0 atom stereocenters. The van der Waals surface area contributed by atoms with Gasteiger partial charge in [0.1, 0.15) is 5.82 Å².